The molecule has 1 saturated heterocycles. The second-order valence-electron chi connectivity index (χ2n) is 16.3. The van der Waals surface area contributed by atoms with Crippen LogP contribution in [0.15, 0.2) is 127 Å². The van der Waals surface area contributed by atoms with Crippen molar-refractivity contribution in [3.8, 4) is 56.4 Å². The van der Waals surface area contributed by atoms with Gasteiger partial charge < -0.3 is 18.7 Å². The molecule has 5 aromatic carbocycles. The summed E-state index contributed by atoms with van der Waals surface area (Å²) in [6.07, 6.45) is 0. The molecule has 0 saturated carbocycles. The predicted octanol–water partition coefficient (Wildman–Crippen LogP) is 8.70. The molecule has 0 aliphatic carbocycles. The summed E-state index contributed by atoms with van der Waals surface area (Å²) in [6, 6.07) is 43.7. The maximum Gasteiger partial charge on any atom is 0.494 e. The van der Waals surface area contributed by atoms with Crippen molar-refractivity contribution < 1.29 is 18.7 Å². The van der Waals surface area contributed by atoms with Crippen LogP contribution >= 0.6 is 0 Å². The third-order valence-electron chi connectivity index (χ3n) is 11.5. The molecule has 0 N–H and O–H groups in total. The Hall–Kier alpha value is -4.92. The molecule has 7 rings (SSSR count). The number of rotatable bonds is 11. The van der Waals surface area contributed by atoms with Crippen molar-refractivity contribution in [3.63, 3.8) is 0 Å². The molecule has 278 valence electrons. The van der Waals surface area contributed by atoms with Crippen LogP contribution < -0.4 is 10.9 Å². The lowest BCUT2D eigenvalue weighted by Gasteiger charge is -2.40. The standard InChI is InChI=1S/C46H49B2N3O4/c1-43(2,52-9)44(3,4)53-47-38-28-37(29-39(30-38)48-54-45(5,6)46(7,8)55-48)42-50-40(35-24-20-33(21-25-35)31-16-12-10-13-17-31)49-41(51-42)36-26-22-34(23-27-36)32-18-14-11-15-19-32/h10-30,47H,1-9H3. The Labute approximate surface area is 326 Å². The molecule has 1 aliphatic rings. The van der Waals surface area contributed by atoms with Crippen molar-refractivity contribution in [2.45, 2.75) is 77.8 Å². The fourth-order valence-corrected chi connectivity index (χ4v) is 6.38. The summed E-state index contributed by atoms with van der Waals surface area (Å²) in [5, 5.41) is 0. The van der Waals surface area contributed by atoms with E-state index < -0.39 is 29.5 Å². The Kier molecular flexibility index (Phi) is 10.4. The van der Waals surface area contributed by atoms with Crippen molar-refractivity contribution in [2.24, 2.45) is 0 Å². The highest BCUT2D eigenvalue weighted by Gasteiger charge is 2.52. The molecule has 0 radical (unpaired) electrons. The SMILES string of the molecule is COC(C)(C)C(C)(C)OBc1cc(B2OC(C)(C)C(C)(C)O2)cc(-c2nc(-c3ccc(-c4ccccc4)cc3)nc(-c3ccc(-c4ccccc4)cc3)n2)c1. The van der Waals surface area contributed by atoms with Crippen LogP contribution in [-0.4, -0.2) is 59.1 Å². The topological polar surface area (TPSA) is 75.6 Å². The lowest BCUT2D eigenvalue weighted by atomic mass is 9.73. The minimum atomic E-state index is -0.594. The Morgan fingerprint density at radius 3 is 1.35 bits per heavy atom. The number of ether oxygens (including phenoxy) is 1. The first-order valence-electron chi connectivity index (χ1n) is 18.9. The maximum absolute atomic E-state index is 6.58. The molecule has 9 heteroatoms. The van der Waals surface area contributed by atoms with Gasteiger partial charge in [0.25, 0.3) is 0 Å². The average molecular weight is 730 g/mol. The van der Waals surface area contributed by atoms with Gasteiger partial charge in [0.2, 0.25) is 0 Å². The van der Waals surface area contributed by atoms with Gasteiger partial charge >= 0.3 is 14.6 Å². The summed E-state index contributed by atoms with van der Waals surface area (Å²) in [5.74, 6) is 1.69. The summed E-state index contributed by atoms with van der Waals surface area (Å²) < 4.78 is 25.5. The maximum atomic E-state index is 6.58. The van der Waals surface area contributed by atoms with Gasteiger partial charge in [-0.3, -0.25) is 0 Å². The first-order chi connectivity index (χ1) is 26.1. The average Bonchev–Trinajstić information content (AvgIpc) is 3.43. The minimum absolute atomic E-state index is 0.326. The normalized spacial score (nSPS) is 15.3. The van der Waals surface area contributed by atoms with E-state index >= 15 is 0 Å². The van der Waals surface area contributed by atoms with Gasteiger partial charge in [-0.05, 0) is 83.1 Å². The molecule has 0 atom stereocenters. The van der Waals surface area contributed by atoms with Gasteiger partial charge in [-0.25, -0.2) is 15.0 Å². The number of aromatic nitrogens is 3. The summed E-state index contributed by atoms with van der Waals surface area (Å²) in [5.41, 5.74) is 6.78. The van der Waals surface area contributed by atoms with E-state index in [1.54, 1.807) is 7.11 Å². The van der Waals surface area contributed by atoms with Gasteiger partial charge in [-0.2, -0.15) is 0 Å². The zero-order valence-electron chi connectivity index (χ0n) is 33.4. The number of methoxy groups -OCH3 is 1. The van der Waals surface area contributed by atoms with Gasteiger partial charge in [0, 0.05) is 23.8 Å². The van der Waals surface area contributed by atoms with Gasteiger partial charge in [0.05, 0.1) is 22.4 Å². The van der Waals surface area contributed by atoms with E-state index in [0.29, 0.717) is 25.0 Å². The molecule has 7 nitrogen and oxygen atoms in total. The number of nitrogens with zero attached hydrogens (tertiary/aromatic N) is 3. The predicted molar refractivity (Wildman–Crippen MR) is 226 cm³/mol. The van der Waals surface area contributed by atoms with Crippen molar-refractivity contribution in [2.75, 3.05) is 7.11 Å². The van der Waals surface area contributed by atoms with Crippen LogP contribution in [0.2, 0.25) is 0 Å². The second kappa shape index (κ2) is 15.0. The van der Waals surface area contributed by atoms with Crippen LogP contribution in [0.3, 0.4) is 0 Å². The smallest absolute Gasteiger partial charge is 0.427 e. The quantitative estimate of drug-likeness (QED) is 0.124. The minimum Gasteiger partial charge on any atom is -0.427 e. The third kappa shape index (κ3) is 8.07. The highest BCUT2D eigenvalue weighted by molar-refractivity contribution is 6.63. The molecule has 2 heterocycles. The molecule has 0 unspecified atom stereocenters. The summed E-state index contributed by atoms with van der Waals surface area (Å²) in [6.45, 7) is 16.4. The Bertz CT molecular complexity index is 2140. The lowest BCUT2D eigenvalue weighted by molar-refractivity contribution is -0.114. The van der Waals surface area contributed by atoms with E-state index in [1.165, 1.54) is 0 Å². The van der Waals surface area contributed by atoms with E-state index in [1.807, 2.05) is 64.1 Å². The monoisotopic (exact) mass is 729 g/mol. The molecule has 55 heavy (non-hydrogen) atoms. The zero-order chi connectivity index (χ0) is 39.0. The Balaban J connectivity index is 1.34. The molecule has 6 aromatic rings. The van der Waals surface area contributed by atoms with Crippen molar-refractivity contribution in [3.05, 3.63) is 127 Å². The Morgan fingerprint density at radius 1 is 0.509 bits per heavy atom. The van der Waals surface area contributed by atoms with Crippen molar-refractivity contribution in [1.82, 2.24) is 15.0 Å². The summed E-state index contributed by atoms with van der Waals surface area (Å²) in [4.78, 5) is 15.3. The molecule has 1 aliphatic heterocycles. The van der Waals surface area contributed by atoms with Crippen LogP contribution in [0.1, 0.15) is 55.4 Å². The highest BCUT2D eigenvalue weighted by atomic mass is 16.7. The highest BCUT2D eigenvalue weighted by Crippen LogP contribution is 2.37. The second-order valence-corrected chi connectivity index (χ2v) is 16.3. The summed E-state index contributed by atoms with van der Waals surface area (Å²) >= 11 is 0. The molecule has 0 bridgehead atoms. The van der Waals surface area contributed by atoms with Gasteiger partial charge in [0.15, 0.2) is 17.5 Å². The Morgan fingerprint density at radius 2 is 0.909 bits per heavy atom. The number of hydrogen-bond acceptors (Lipinski definition) is 7. The van der Waals surface area contributed by atoms with Crippen LogP contribution in [0.4, 0.5) is 0 Å². The molecular formula is C46H49B2N3O4. The lowest BCUT2D eigenvalue weighted by Crippen LogP contribution is -2.50. The van der Waals surface area contributed by atoms with E-state index in [0.717, 1.165) is 49.9 Å². The van der Waals surface area contributed by atoms with Crippen molar-refractivity contribution in [1.29, 1.82) is 0 Å². The van der Waals surface area contributed by atoms with Crippen LogP contribution in [-0.2, 0) is 18.7 Å². The third-order valence-corrected chi connectivity index (χ3v) is 11.5. The zero-order valence-corrected chi connectivity index (χ0v) is 33.4. The van der Waals surface area contributed by atoms with E-state index in [2.05, 4.69) is 119 Å². The fraction of sp³-hybridized carbons (Fsp3) is 0.283. The first kappa shape index (κ1) is 38.4. The van der Waals surface area contributed by atoms with E-state index in [9.17, 15) is 0 Å². The molecule has 1 aromatic heterocycles. The molecule has 0 spiro atoms. The molecule has 1 fully saturated rings. The molecular weight excluding hydrogens is 680 g/mol. The summed E-state index contributed by atoms with van der Waals surface area (Å²) in [7, 11) is 1.44. The van der Waals surface area contributed by atoms with E-state index in [-0.39, 0.29) is 0 Å². The largest absolute Gasteiger partial charge is 0.494 e. The van der Waals surface area contributed by atoms with Crippen molar-refractivity contribution >= 4 is 25.5 Å². The fourth-order valence-electron chi connectivity index (χ4n) is 6.38. The molecule has 0 amide bonds. The number of benzene rings is 5. The van der Waals surface area contributed by atoms with Gasteiger partial charge in [0.1, 0.15) is 0 Å². The van der Waals surface area contributed by atoms with E-state index in [4.69, 9.17) is 33.7 Å². The van der Waals surface area contributed by atoms with Crippen LogP contribution in [0.25, 0.3) is 56.4 Å². The van der Waals surface area contributed by atoms with Gasteiger partial charge in [-0.15, -0.1) is 0 Å². The first-order valence-corrected chi connectivity index (χ1v) is 18.9. The van der Waals surface area contributed by atoms with Gasteiger partial charge in [-0.1, -0.05) is 133 Å². The number of hydrogen-bond donors (Lipinski definition) is 0. The van der Waals surface area contributed by atoms with Crippen LogP contribution in [0, 0.1) is 0 Å². The van der Waals surface area contributed by atoms with Crippen LogP contribution in [0.5, 0.6) is 0 Å².